The van der Waals surface area contributed by atoms with Crippen LogP contribution < -0.4 is 0 Å². The van der Waals surface area contributed by atoms with Crippen molar-refractivity contribution in [2.75, 3.05) is 39.8 Å². The maximum absolute atomic E-state index is 12.6. The van der Waals surface area contributed by atoms with Gasteiger partial charge in [-0.25, -0.2) is 0 Å². The van der Waals surface area contributed by atoms with E-state index in [2.05, 4.69) is 15.9 Å². The van der Waals surface area contributed by atoms with E-state index in [0.717, 1.165) is 10.0 Å². The second-order valence-corrected chi connectivity index (χ2v) is 6.65. The average molecular weight is 385 g/mol. The van der Waals surface area contributed by atoms with Crippen LogP contribution in [-0.2, 0) is 9.53 Å². The smallest absolute Gasteiger partial charge is 0.317 e. The largest absolute Gasteiger partial charge is 0.480 e. The number of carbonyl (C=O) groups is 2. The highest BCUT2D eigenvalue weighted by molar-refractivity contribution is 9.10. The zero-order chi connectivity index (χ0) is 17.0. The molecule has 1 N–H and O–H groups in total. The Balaban J connectivity index is 1.98. The van der Waals surface area contributed by atoms with Crippen LogP contribution in [0, 0.1) is 6.92 Å². The molecule has 6 nitrogen and oxygen atoms in total. The molecule has 1 saturated heterocycles. The fourth-order valence-corrected chi connectivity index (χ4v) is 2.94. The number of aliphatic carboxylic acids is 1. The van der Waals surface area contributed by atoms with Crippen molar-refractivity contribution in [2.45, 2.75) is 13.0 Å². The van der Waals surface area contributed by atoms with Crippen LogP contribution in [0.5, 0.6) is 0 Å². The number of benzene rings is 1. The molecule has 0 spiro atoms. The fourth-order valence-electron chi connectivity index (χ4n) is 2.57. The van der Waals surface area contributed by atoms with Crippen LogP contribution in [0.3, 0.4) is 0 Å². The fraction of sp³-hybridized carbons (Fsp3) is 0.500. The van der Waals surface area contributed by atoms with Gasteiger partial charge < -0.3 is 14.7 Å². The number of carboxylic acids is 1. The molecule has 1 fully saturated rings. The highest BCUT2D eigenvalue weighted by Crippen LogP contribution is 2.19. The Hall–Kier alpha value is -1.44. The van der Waals surface area contributed by atoms with Gasteiger partial charge >= 0.3 is 5.97 Å². The molecule has 126 valence electrons. The number of likely N-dealkylation sites (N-methyl/N-ethyl adjacent to an activating group) is 1. The molecular weight excluding hydrogens is 364 g/mol. The zero-order valence-corrected chi connectivity index (χ0v) is 14.9. The lowest BCUT2D eigenvalue weighted by Crippen LogP contribution is -2.49. The molecule has 1 aliphatic rings. The summed E-state index contributed by atoms with van der Waals surface area (Å²) in [5.74, 6) is -0.902. The molecule has 1 aromatic carbocycles. The van der Waals surface area contributed by atoms with Crippen molar-refractivity contribution < 1.29 is 19.4 Å². The highest BCUT2D eigenvalue weighted by atomic mass is 79.9. The summed E-state index contributed by atoms with van der Waals surface area (Å²) in [6.45, 7) is 3.88. The van der Waals surface area contributed by atoms with Crippen LogP contribution in [0.15, 0.2) is 22.7 Å². The third-order valence-electron chi connectivity index (χ3n) is 3.77. The molecule has 0 saturated carbocycles. The van der Waals surface area contributed by atoms with Gasteiger partial charge in [0.2, 0.25) is 0 Å². The predicted octanol–water partition coefficient (Wildman–Crippen LogP) is 1.61. The summed E-state index contributed by atoms with van der Waals surface area (Å²) < 4.78 is 6.56. The van der Waals surface area contributed by atoms with Crippen LogP contribution in [0.25, 0.3) is 0 Å². The number of carbonyl (C=O) groups excluding carboxylic acids is 1. The van der Waals surface area contributed by atoms with Crippen LogP contribution in [0.2, 0.25) is 0 Å². The van der Waals surface area contributed by atoms with Gasteiger partial charge in [0, 0.05) is 29.7 Å². The Morgan fingerprint density at radius 3 is 2.87 bits per heavy atom. The van der Waals surface area contributed by atoms with Crippen molar-refractivity contribution in [3.8, 4) is 0 Å². The van der Waals surface area contributed by atoms with Gasteiger partial charge in [0.15, 0.2) is 0 Å². The third-order valence-corrected chi connectivity index (χ3v) is 4.62. The Kier molecular flexibility index (Phi) is 6.15. The van der Waals surface area contributed by atoms with E-state index in [0.29, 0.717) is 31.8 Å². The second kappa shape index (κ2) is 7.90. The van der Waals surface area contributed by atoms with Gasteiger partial charge in [0.25, 0.3) is 5.91 Å². The number of nitrogens with zero attached hydrogens (tertiary/aromatic N) is 2. The number of rotatable bonds is 5. The van der Waals surface area contributed by atoms with Crippen molar-refractivity contribution in [1.29, 1.82) is 0 Å². The molecule has 0 aliphatic carbocycles. The predicted molar refractivity (Wildman–Crippen MR) is 89.7 cm³/mol. The van der Waals surface area contributed by atoms with E-state index in [4.69, 9.17) is 9.84 Å². The van der Waals surface area contributed by atoms with E-state index in [1.165, 1.54) is 0 Å². The standard InChI is InChI=1S/C16H21BrN2O4/c1-11-3-4-12(7-14(11)17)16(22)19-5-6-23-13(9-19)8-18(2)10-15(20)21/h3-4,7,13H,5-6,8-10H2,1-2H3,(H,20,21). The monoisotopic (exact) mass is 384 g/mol. The van der Waals surface area contributed by atoms with E-state index >= 15 is 0 Å². The average Bonchev–Trinajstić information content (AvgIpc) is 2.48. The van der Waals surface area contributed by atoms with E-state index in [9.17, 15) is 9.59 Å². The maximum Gasteiger partial charge on any atom is 0.317 e. The maximum atomic E-state index is 12.6. The van der Waals surface area contributed by atoms with E-state index < -0.39 is 5.97 Å². The molecule has 1 aliphatic heterocycles. The molecule has 1 amide bonds. The van der Waals surface area contributed by atoms with Crippen LogP contribution >= 0.6 is 15.9 Å². The summed E-state index contributed by atoms with van der Waals surface area (Å²) in [5.41, 5.74) is 1.72. The Labute approximate surface area is 144 Å². The molecule has 0 radical (unpaired) electrons. The summed E-state index contributed by atoms with van der Waals surface area (Å²) in [4.78, 5) is 26.8. The van der Waals surface area contributed by atoms with Crippen molar-refractivity contribution in [3.63, 3.8) is 0 Å². The molecule has 0 aromatic heterocycles. The van der Waals surface area contributed by atoms with Crippen molar-refractivity contribution in [3.05, 3.63) is 33.8 Å². The van der Waals surface area contributed by atoms with Crippen molar-refractivity contribution in [2.24, 2.45) is 0 Å². The lowest BCUT2D eigenvalue weighted by Gasteiger charge is -2.34. The van der Waals surface area contributed by atoms with Gasteiger partial charge in [-0.05, 0) is 31.7 Å². The van der Waals surface area contributed by atoms with Gasteiger partial charge in [-0.15, -0.1) is 0 Å². The van der Waals surface area contributed by atoms with E-state index in [1.54, 1.807) is 16.8 Å². The highest BCUT2D eigenvalue weighted by Gasteiger charge is 2.26. The normalized spacial score (nSPS) is 18.3. The molecular formula is C16H21BrN2O4. The lowest BCUT2D eigenvalue weighted by molar-refractivity contribution is -0.138. The minimum Gasteiger partial charge on any atom is -0.480 e. The van der Waals surface area contributed by atoms with Crippen LogP contribution in [0.1, 0.15) is 15.9 Å². The summed E-state index contributed by atoms with van der Waals surface area (Å²) in [6.07, 6.45) is -0.175. The van der Waals surface area contributed by atoms with Crippen molar-refractivity contribution in [1.82, 2.24) is 9.80 Å². The number of aryl methyl sites for hydroxylation is 1. The number of amides is 1. The lowest BCUT2D eigenvalue weighted by atomic mass is 10.1. The SMILES string of the molecule is Cc1ccc(C(=O)N2CCOC(CN(C)CC(=O)O)C2)cc1Br. The quantitative estimate of drug-likeness (QED) is 0.834. The number of hydrogen-bond donors (Lipinski definition) is 1. The van der Waals surface area contributed by atoms with Crippen LogP contribution in [0.4, 0.5) is 0 Å². The molecule has 0 bridgehead atoms. The number of hydrogen-bond acceptors (Lipinski definition) is 4. The second-order valence-electron chi connectivity index (χ2n) is 5.80. The number of ether oxygens (including phenoxy) is 1. The molecule has 23 heavy (non-hydrogen) atoms. The third kappa shape index (κ3) is 5.02. The summed E-state index contributed by atoms with van der Waals surface area (Å²) in [7, 11) is 1.73. The Morgan fingerprint density at radius 1 is 1.48 bits per heavy atom. The minimum absolute atomic E-state index is 0.0279. The number of carboxylic acid groups (broad SMARTS) is 1. The van der Waals surface area contributed by atoms with Gasteiger partial charge in [0.05, 0.1) is 19.3 Å². The minimum atomic E-state index is -0.874. The van der Waals surface area contributed by atoms with Crippen molar-refractivity contribution >= 4 is 27.8 Å². The van der Waals surface area contributed by atoms with E-state index in [1.807, 2.05) is 25.1 Å². The number of halogens is 1. The van der Waals surface area contributed by atoms with Gasteiger partial charge in [-0.2, -0.15) is 0 Å². The van der Waals surface area contributed by atoms with E-state index in [-0.39, 0.29) is 18.6 Å². The van der Waals surface area contributed by atoms with Gasteiger partial charge in [-0.3, -0.25) is 14.5 Å². The molecule has 1 aromatic rings. The summed E-state index contributed by atoms with van der Waals surface area (Å²) in [5, 5.41) is 8.80. The van der Waals surface area contributed by atoms with Gasteiger partial charge in [-0.1, -0.05) is 22.0 Å². The molecule has 1 atom stereocenters. The summed E-state index contributed by atoms with van der Waals surface area (Å²) in [6, 6.07) is 5.57. The summed E-state index contributed by atoms with van der Waals surface area (Å²) >= 11 is 3.45. The molecule has 1 heterocycles. The van der Waals surface area contributed by atoms with Gasteiger partial charge in [0.1, 0.15) is 0 Å². The first kappa shape index (κ1) is 17.9. The first-order valence-corrected chi connectivity index (χ1v) is 8.23. The number of morpholine rings is 1. The molecule has 7 heteroatoms. The Bertz CT molecular complexity index is 593. The first-order chi connectivity index (χ1) is 10.9. The molecule has 1 unspecified atom stereocenters. The Morgan fingerprint density at radius 2 is 2.22 bits per heavy atom. The van der Waals surface area contributed by atoms with Crippen LogP contribution in [-0.4, -0.2) is 72.7 Å². The molecule has 2 rings (SSSR count). The zero-order valence-electron chi connectivity index (χ0n) is 13.3. The topological polar surface area (TPSA) is 70.1 Å². The first-order valence-electron chi connectivity index (χ1n) is 7.44.